The molecule has 2 amide bonds. The molecule has 1 heterocycles. The first-order chi connectivity index (χ1) is 11.0. The minimum Gasteiger partial charge on any atom is -0.493 e. The molecule has 1 aromatic carbocycles. The van der Waals surface area contributed by atoms with Gasteiger partial charge in [0.15, 0.2) is 11.5 Å². The molecule has 0 radical (unpaired) electrons. The largest absolute Gasteiger partial charge is 0.493 e. The second-order valence-corrected chi connectivity index (χ2v) is 5.33. The molecule has 0 saturated carbocycles. The summed E-state index contributed by atoms with van der Waals surface area (Å²) in [6, 6.07) is 4.95. The van der Waals surface area contributed by atoms with E-state index in [1.165, 1.54) is 0 Å². The Balaban J connectivity index is 1.98. The van der Waals surface area contributed by atoms with Crippen LogP contribution in [0.1, 0.15) is 19.8 Å². The van der Waals surface area contributed by atoms with Gasteiger partial charge < -0.3 is 24.8 Å². The van der Waals surface area contributed by atoms with Crippen LogP contribution in [0.25, 0.3) is 0 Å². The fraction of sp³-hybridized carbons (Fsp3) is 0.500. The van der Waals surface area contributed by atoms with E-state index in [1.807, 2.05) is 6.92 Å². The molecule has 7 heteroatoms. The lowest BCUT2D eigenvalue weighted by atomic mass is 9.97. The predicted octanol–water partition coefficient (Wildman–Crippen LogP) is 2.42. The molecule has 0 atom stereocenters. The Kier molecular flexibility index (Phi) is 5.67. The van der Waals surface area contributed by atoms with E-state index in [4.69, 9.17) is 14.6 Å². The number of methoxy groups -OCH3 is 1. The van der Waals surface area contributed by atoms with Gasteiger partial charge in [-0.05, 0) is 31.9 Å². The van der Waals surface area contributed by atoms with Gasteiger partial charge >= 0.3 is 12.0 Å². The second kappa shape index (κ2) is 7.71. The summed E-state index contributed by atoms with van der Waals surface area (Å²) >= 11 is 0. The number of anilines is 1. The number of piperidine rings is 1. The molecule has 1 aromatic rings. The van der Waals surface area contributed by atoms with E-state index in [9.17, 15) is 9.59 Å². The van der Waals surface area contributed by atoms with Gasteiger partial charge in [-0.25, -0.2) is 4.79 Å². The van der Waals surface area contributed by atoms with E-state index in [1.54, 1.807) is 30.2 Å². The van der Waals surface area contributed by atoms with Crippen LogP contribution in [0.15, 0.2) is 18.2 Å². The third kappa shape index (κ3) is 4.28. The van der Waals surface area contributed by atoms with Gasteiger partial charge in [0.25, 0.3) is 0 Å². The minimum absolute atomic E-state index is 0.235. The van der Waals surface area contributed by atoms with E-state index in [-0.39, 0.29) is 11.9 Å². The number of nitrogens with zero attached hydrogens (tertiary/aromatic N) is 1. The minimum atomic E-state index is -0.790. The average molecular weight is 322 g/mol. The maximum Gasteiger partial charge on any atom is 0.321 e. The van der Waals surface area contributed by atoms with E-state index in [0.29, 0.717) is 49.7 Å². The summed E-state index contributed by atoms with van der Waals surface area (Å²) in [4.78, 5) is 24.8. The number of rotatable bonds is 5. The van der Waals surface area contributed by atoms with Gasteiger partial charge in [-0.2, -0.15) is 0 Å². The average Bonchev–Trinajstić information content (AvgIpc) is 2.55. The zero-order valence-electron chi connectivity index (χ0n) is 13.4. The highest BCUT2D eigenvalue weighted by Gasteiger charge is 2.27. The Hall–Kier alpha value is -2.44. The number of aliphatic carboxylic acids is 1. The van der Waals surface area contributed by atoms with Crippen LogP contribution in [0, 0.1) is 5.92 Å². The molecule has 0 aliphatic carbocycles. The topological polar surface area (TPSA) is 88.1 Å². The van der Waals surface area contributed by atoms with Crippen molar-refractivity contribution in [3.05, 3.63) is 18.2 Å². The molecule has 1 fully saturated rings. The zero-order chi connectivity index (χ0) is 16.8. The molecular weight excluding hydrogens is 300 g/mol. The number of likely N-dealkylation sites (tertiary alicyclic amines) is 1. The molecule has 2 N–H and O–H groups in total. The lowest BCUT2D eigenvalue weighted by Gasteiger charge is -2.30. The molecule has 1 aliphatic heterocycles. The van der Waals surface area contributed by atoms with Crippen LogP contribution in [-0.4, -0.2) is 48.8 Å². The number of carboxylic acids is 1. The van der Waals surface area contributed by atoms with Gasteiger partial charge in [0.2, 0.25) is 0 Å². The summed E-state index contributed by atoms with van der Waals surface area (Å²) in [5.41, 5.74) is 0.611. The van der Waals surface area contributed by atoms with Gasteiger partial charge in [-0.1, -0.05) is 0 Å². The maximum absolute atomic E-state index is 12.3. The summed E-state index contributed by atoms with van der Waals surface area (Å²) in [6.45, 7) is 3.25. The van der Waals surface area contributed by atoms with Crippen molar-refractivity contribution >= 4 is 17.7 Å². The van der Waals surface area contributed by atoms with Crippen molar-refractivity contribution in [1.29, 1.82) is 0 Å². The Morgan fingerprint density at radius 1 is 1.30 bits per heavy atom. The third-order valence-corrected chi connectivity index (χ3v) is 3.85. The lowest BCUT2D eigenvalue weighted by molar-refractivity contribution is -0.143. The van der Waals surface area contributed by atoms with E-state index in [2.05, 4.69) is 5.32 Å². The summed E-state index contributed by atoms with van der Waals surface area (Å²) in [5, 5.41) is 11.8. The first kappa shape index (κ1) is 16.9. The first-order valence-electron chi connectivity index (χ1n) is 7.64. The second-order valence-electron chi connectivity index (χ2n) is 5.33. The summed E-state index contributed by atoms with van der Waals surface area (Å²) < 4.78 is 10.7. The Labute approximate surface area is 135 Å². The number of amides is 2. The van der Waals surface area contributed by atoms with E-state index < -0.39 is 5.97 Å². The number of hydrogen-bond donors (Lipinski definition) is 2. The van der Waals surface area contributed by atoms with E-state index in [0.717, 1.165) is 0 Å². The highest BCUT2D eigenvalue weighted by molar-refractivity contribution is 5.90. The predicted molar refractivity (Wildman–Crippen MR) is 85.1 cm³/mol. The number of nitrogens with one attached hydrogen (secondary N) is 1. The number of urea groups is 1. The standard InChI is InChI=1S/C16H22N2O5/c1-3-23-14-10-12(4-5-13(14)22-2)17-16(21)18-8-6-11(7-9-18)15(19)20/h4-5,10-11H,3,6-9H2,1-2H3,(H,17,21)(H,19,20). The molecule has 0 spiro atoms. The zero-order valence-corrected chi connectivity index (χ0v) is 13.4. The molecule has 1 aliphatic rings. The van der Waals surface area contributed by atoms with Crippen LogP contribution in [-0.2, 0) is 4.79 Å². The molecule has 1 saturated heterocycles. The van der Waals surface area contributed by atoms with Crippen LogP contribution in [0.3, 0.4) is 0 Å². The van der Waals surface area contributed by atoms with Crippen molar-refractivity contribution in [3.63, 3.8) is 0 Å². The van der Waals surface area contributed by atoms with Gasteiger partial charge in [-0.15, -0.1) is 0 Å². The molecular formula is C16H22N2O5. The van der Waals surface area contributed by atoms with Crippen LogP contribution < -0.4 is 14.8 Å². The highest BCUT2D eigenvalue weighted by Crippen LogP contribution is 2.30. The number of carboxylic acid groups (broad SMARTS) is 1. The van der Waals surface area contributed by atoms with Crippen LogP contribution in [0.5, 0.6) is 11.5 Å². The fourth-order valence-corrected chi connectivity index (χ4v) is 2.55. The van der Waals surface area contributed by atoms with Gasteiger partial charge in [0.1, 0.15) is 0 Å². The smallest absolute Gasteiger partial charge is 0.321 e. The number of carbonyl (C=O) groups is 2. The molecule has 126 valence electrons. The molecule has 2 rings (SSSR count). The highest BCUT2D eigenvalue weighted by atomic mass is 16.5. The summed E-state index contributed by atoms with van der Waals surface area (Å²) in [6.07, 6.45) is 0.963. The molecule has 7 nitrogen and oxygen atoms in total. The summed E-state index contributed by atoms with van der Waals surface area (Å²) in [7, 11) is 1.56. The first-order valence-corrected chi connectivity index (χ1v) is 7.64. The number of carbonyl (C=O) groups excluding carboxylic acids is 1. The van der Waals surface area contributed by atoms with Gasteiger partial charge in [-0.3, -0.25) is 4.79 Å². The molecule has 23 heavy (non-hydrogen) atoms. The molecule has 0 unspecified atom stereocenters. The normalized spacial score (nSPS) is 15.1. The number of benzene rings is 1. The number of ether oxygens (including phenoxy) is 2. The van der Waals surface area contributed by atoms with Crippen LogP contribution >= 0.6 is 0 Å². The molecule has 0 aromatic heterocycles. The van der Waals surface area contributed by atoms with Crippen LogP contribution in [0.4, 0.5) is 10.5 Å². The van der Waals surface area contributed by atoms with Gasteiger partial charge in [0, 0.05) is 24.8 Å². The quantitative estimate of drug-likeness (QED) is 0.869. The SMILES string of the molecule is CCOc1cc(NC(=O)N2CCC(C(=O)O)CC2)ccc1OC. The van der Waals surface area contributed by atoms with Crippen molar-refractivity contribution in [1.82, 2.24) is 4.90 Å². The summed E-state index contributed by atoms with van der Waals surface area (Å²) in [5.74, 6) is 0.0238. The Morgan fingerprint density at radius 2 is 2.00 bits per heavy atom. The van der Waals surface area contributed by atoms with Crippen molar-refractivity contribution in [3.8, 4) is 11.5 Å². The van der Waals surface area contributed by atoms with Crippen molar-refractivity contribution in [2.45, 2.75) is 19.8 Å². The fourth-order valence-electron chi connectivity index (χ4n) is 2.55. The number of hydrogen-bond acceptors (Lipinski definition) is 4. The third-order valence-electron chi connectivity index (χ3n) is 3.85. The van der Waals surface area contributed by atoms with Crippen molar-refractivity contribution in [2.24, 2.45) is 5.92 Å². The Bertz CT molecular complexity index is 568. The molecule has 0 bridgehead atoms. The van der Waals surface area contributed by atoms with Crippen molar-refractivity contribution in [2.75, 3.05) is 32.1 Å². The Morgan fingerprint density at radius 3 is 2.57 bits per heavy atom. The maximum atomic E-state index is 12.3. The monoisotopic (exact) mass is 322 g/mol. The van der Waals surface area contributed by atoms with Gasteiger partial charge in [0.05, 0.1) is 19.6 Å². The lowest BCUT2D eigenvalue weighted by Crippen LogP contribution is -2.42. The van der Waals surface area contributed by atoms with Crippen molar-refractivity contribution < 1.29 is 24.2 Å². The van der Waals surface area contributed by atoms with Crippen LogP contribution in [0.2, 0.25) is 0 Å². The van der Waals surface area contributed by atoms with E-state index >= 15 is 0 Å².